The summed E-state index contributed by atoms with van der Waals surface area (Å²) in [4.78, 5) is 28.4. The third-order valence-corrected chi connectivity index (χ3v) is 4.47. The molecule has 0 radical (unpaired) electrons. The van der Waals surface area contributed by atoms with Crippen molar-refractivity contribution in [3.63, 3.8) is 0 Å². The van der Waals surface area contributed by atoms with Gasteiger partial charge in [-0.2, -0.15) is 0 Å². The van der Waals surface area contributed by atoms with Crippen LogP contribution in [0.3, 0.4) is 0 Å². The fraction of sp³-hybridized carbons (Fsp3) is 0.867. The van der Waals surface area contributed by atoms with Gasteiger partial charge in [-0.3, -0.25) is 9.59 Å². The van der Waals surface area contributed by atoms with Crippen LogP contribution in [0.2, 0.25) is 0 Å². The number of hydrogen-bond donors (Lipinski definition) is 0. The van der Waals surface area contributed by atoms with Crippen molar-refractivity contribution in [2.45, 2.75) is 70.9 Å². The summed E-state index contributed by atoms with van der Waals surface area (Å²) in [6.07, 6.45) is 6.98. The lowest BCUT2D eigenvalue weighted by Crippen LogP contribution is -2.46. The van der Waals surface area contributed by atoms with Crippen LogP contribution >= 0.6 is 0 Å². The van der Waals surface area contributed by atoms with E-state index < -0.39 is 0 Å². The number of unbranched alkanes of at least 4 members (excludes halogenated alkanes) is 2. The van der Waals surface area contributed by atoms with Crippen LogP contribution in [0, 0.1) is 0 Å². The summed E-state index contributed by atoms with van der Waals surface area (Å²) in [6.45, 7) is 5.70. The largest absolute Gasteiger partial charge is 0.338 e. The SMILES string of the molecule is CCCCCC(C)N1CCC(=O)N2CCCC2C1=O. The van der Waals surface area contributed by atoms with E-state index in [9.17, 15) is 9.59 Å². The smallest absolute Gasteiger partial charge is 0.245 e. The molecule has 2 aliphatic rings. The van der Waals surface area contributed by atoms with E-state index in [2.05, 4.69) is 13.8 Å². The Morgan fingerprint density at radius 2 is 2.05 bits per heavy atom. The Bertz CT molecular complexity index is 343. The van der Waals surface area contributed by atoms with E-state index >= 15 is 0 Å². The van der Waals surface area contributed by atoms with Crippen molar-refractivity contribution >= 4 is 11.8 Å². The Morgan fingerprint density at radius 1 is 1.26 bits per heavy atom. The maximum absolute atomic E-state index is 12.6. The molecule has 2 rings (SSSR count). The average Bonchev–Trinajstić information content (AvgIpc) is 2.84. The van der Waals surface area contributed by atoms with Gasteiger partial charge in [-0.15, -0.1) is 0 Å². The number of carbonyl (C=O) groups excluding carboxylic acids is 2. The van der Waals surface area contributed by atoms with Crippen LogP contribution in [0.5, 0.6) is 0 Å². The molecule has 2 heterocycles. The van der Waals surface area contributed by atoms with E-state index in [0.29, 0.717) is 13.0 Å². The van der Waals surface area contributed by atoms with Crippen molar-refractivity contribution < 1.29 is 9.59 Å². The van der Waals surface area contributed by atoms with E-state index in [1.165, 1.54) is 19.3 Å². The van der Waals surface area contributed by atoms with Crippen molar-refractivity contribution in [2.24, 2.45) is 0 Å². The Kier molecular flexibility index (Phi) is 4.83. The summed E-state index contributed by atoms with van der Waals surface area (Å²) >= 11 is 0. The van der Waals surface area contributed by atoms with Gasteiger partial charge in [0.25, 0.3) is 0 Å². The molecule has 0 aromatic carbocycles. The van der Waals surface area contributed by atoms with Crippen LogP contribution in [0.1, 0.15) is 58.8 Å². The minimum atomic E-state index is -0.163. The average molecular weight is 266 g/mol. The van der Waals surface area contributed by atoms with Crippen LogP contribution in [-0.4, -0.2) is 46.8 Å². The predicted octanol–water partition coefficient (Wildman–Crippen LogP) is 2.18. The van der Waals surface area contributed by atoms with Gasteiger partial charge < -0.3 is 9.80 Å². The molecular weight excluding hydrogens is 240 g/mol. The molecule has 0 aromatic heterocycles. The molecule has 2 amide bonds. The first-order valence-corrected chi connectivity index (χ1v) is 7.75. The van der Waals surface area contributed by atoms with E-state index in [1.807, 2.05) is 4.90 Å². The number of rotatable bonds is 5. The monoisotopic (exact) mass is 266 g/mol. The van der Waals surface area contributed by atoms with Crippen LogP contribution in [-0.2, 0) is 9.59 Å². The molecule has 2 fully saturated rings. The molecule has 0 saturated carbocycles. The molecule has 0 N–H and O–H groups in total. The molecule has 108 valence electrons. The highest BCUT2D eigenvalue weighted by Gasteiger charge is 2.40. The Hall–Kier alpha value is -1.06. The van der Waals surface area contributed by atoms with Gasteiger partial charge in [0, 0.05) is 25.6 Å². The molecule has 19 heavy (non-hydrogen) atoms. The fourth-order valence-corrected chi connectivity index (χ4v) is 3.27. The van der Waals surface area contributed by atoms with Crippen molar-refractivity contribution in [2.75, 3.05) is 13.1 Å². The Balaban J connectivity index is 2.00. The zero-order valence-corrected chi connectivity index (χ0v) is 12.2. The van der Waals surface area contributed by atoms with Gasteiger partial charge in [-0.1, -0.05) is 26.2 Å². The molecule has 2 aliphatic heterocycles. The Labute approximate surface area is 116 Å². The molecule has 0 spiro atoms. The van der Waals surface area contributed by atoms with Gasteiger partial charge in [-0.05, 0) is 26.2 Å². The highest BCUT2D eigenvalue weighted by molar-refractivity contribution is 5.90. The molecule has 0 aromatic rings. The maximum atomic E-state index is 12.6. The van der Waals surface area contributed by atoms with Gasteiger partial charge in [0.1, 0.15) is 6.04 Å². The lowest BCUT2D eigenvalue weighted by Gasteiger charge is -2.30. The summed E-state index contributed by atoms with van der Waals surface area (Å²) in [5.41, 5.74) is 0. The normalized spacial score (nSPS) is 25.5. The number of fused-ring (bicyclic) bond motifs is 1. The van der Waals surface area contributed by atoms with Gasteiger partial charge in [0.15, 0.2) is 0 Å². The standard InChI is InChI=1S/C15H26N2O2/c1-3-4-5-7-12(2)16-11-9-14(18)17-10-6-8-13(17)15(16)19/h12-13H,3-11H2,1-2H3. The number of nitrogens with zero attached hydrogens (tertiary/aromatic N) is 2. The van der Waals surface area contributed by atoms with Gasteiger partial charge in [0.05, 0.1) is 0 Å². The topological polar surface area (TPSA) is 40.6 Å². The lowest BCUT2D eigenvalue weighted by atomic mass is 10.1. The first-order valence-electron chi connectivity index (χ1n) is 7.75. The highest BCUT2D eigenvalue weighted by Crippen LogP contribution is 2.25. The first kappa shape index (κ1) is 14.4. The first-order chi connectivity index (χ1) is 9.15. The number of carbonyl (C=O) groups is 2. The zero-order valence-electron chi connectivity index (χ0n) is 12.2. The molecule has 2 saturated heterocycles. The summed E-state index contributed by atoms with van der Waals surface area (Å²) in [6, 6.07) is 0.107. The van der Waals surface area contributed by atoms with Gasteiger partial charge >= 0.3 is 0 Å². The molecule has 0 aliphatic carbocycles. The molecular formula is C15H26N2O2. The molecule has 4 nitrogen and oxygen atoms in total. The minimum absolute atomic E-state index is 0.163. The highest BCUT2D eigenvalue weighted by atomic mass is 16.2. The van der Waals surface area contributed by atoms with Crippen LogP contribution in [0.4, 0.5) is 0 Å². The predicted molar refractivity (Wildman–Crippen MR) is 74.7 cm³/mol. The van der Waals surface area contributed by atoms with Gasteiger partial charge in [0.2, 0.25) is 11.8 Å². The number of amides is 2. The second-order valence-corrected chi connectivity index (χ2v) is 5.87. The van der Waals surface area contributed by atoms with Crippen molar-refractivity contribution in [3.8, 4) is 0 Å². The molecule has 0 bridgehead atoms. The Morgan fingerprint density at radius 3 is 2.79 bits per heavy atom. The number of hydrogen-bond acceptors (Lipinski definition) is 2. The third kappa shape index (κ3) is 3.10. The fourth-order valence-electron chi connectivity index (χ4n) is 3.27. The summed E-state index contributed by atoms with van der Waals surface area (Å²) in [5.74, 6) is 0.353. The second kappa shape index (κ2) is 6.40. The van der Waals surface area contributed by atoms with E-state index in [4.69, 9.17) is 0 Å². The maximum Gasteiger partial charge on any atom is 0.245 e. The van der Waals surface area contributed by atoms with Crippen LogP contribution in [0.25, 0.3) is 0 Å². The van der Waals surface area contributed by atoms with Crippen LogP contribution in [0.15, 0.2) is 0 Å². The van der Waals surface area contributed by atoms with E-state index in [-0.39, 0.29) is 23.9 Å². The second-order valence-electron chi connectivity index (χ2n) is 5.87. The summed E-state index contributed by atoms with van der Waals surface area (Å²) in [5, 5.41) is 0. The summed E-state index contributed by atoms with van der Waals surface area (Å²) in [7, 11) is 0. The van der Waals surface area contributed by atoms with Crippen molar-refractivity contribution in [1.82, 2.24) is 9.80 Å². The van der Waals surface area contributed by atoms with E-state index in [1.54, 1.807) is 4.90 Å². The minimum Gasteiger partial charge on any atom is -0.338 e. The molecule has 4 heteroatoms. The van der Waals surface area contributed by atoms with Crippen LogP contribution < -0.4 is 0 Å². The third-order valence-electron chi connectivity index (χ3n) is 4.47. The van der Waals surface area contributed by atoms with Crippen molar-refractivity contribution in [1.29, 1.82) is 0 Å². The van der Waals surface area contributed by atoms with Gasteiger partial charge in [-0.25, -0.2) is 0 Å². The molecule has 2 atom stereocenters. The lowest BCUT2D eigenvalue weighted by molar-refractivity contribution is -0.140. The quantitative estimate of drug-likeness (QED) is 0.716. The zero-order chi connectivity index (χ0) is 13.8. The summed E-state index contributed by atoms with van der Waals surface area (Å²) < 4.78 is 0. The van der Waals surface area contributed by atoms with Crippen molar-refractivity contribution in [3.05, 3.63) is 0 Å². The molecule has 2 unspecified atom stereocenters. The van der Waals surface area contributed by atoms with E-state index in [0.717, 1.165) is 25.8 Å².